The molecule has 0 fully saturated rings. The minimum absolute atomic E-state index is 0.0581. The summed E-state index contributed by atoms with van der Waals surface area (Å²) in [5.41, 5.74) is 0.753. The average Bonchev–Trinajstić information content (AvgIpc) is 2.51. The summed E-state index contributed by atoms with van der Waals surface area (Å²) in [5.74, 6) is -1.74. The van der Waals surface area contributed by atoms with Gasteiger partial charge in [0.25, 0.3) is 0 Å². The highest BCUT2D eigenvalue weighted by atomic mass is 19.1. The van der Waals surface area contributed by atoms with Crippen LogP contribution in [-0.4, -0.2) is 23.3 Å². The van der Waals surface area contributed by atoms with Gasteiger partial charge in [0.15, 0.2) is 0 Å². The van der Waals surface area contributed by atoms with Crippen LogP contribution in [0.15, 0.2) is 48.5 Å². The van der Waals surface area contributed by atoms with Crippen molar-refractivity contribution in [3.05, 3.63) is 65.7 Å². The topological polar surface area (TPSA) is 49.4 Å². The molecule has 0 saturated heterocycles. The van der Waals surface area contributed by atoms with E-state index >= 15 is 0 Å². The van der Waals surface area contributed by atoms with Gasteiger partial charge in [-0.1, -0.05) is 24.3 Å². The Morgan fingerprint density at radius 3 is 2.30 bits per heavy atom. The van der Waals surface area contributed by atoms with Crippen LogP contribution in [-0.2, 0) is 16.1 Å². The van der Waals surface area contributed by atoms with Crippen LogP contribution >= 0.6 is 0 Å². The number of nitrogens with zero attached hydrogens (tertiary/aromatic N) is 1. The summed E-state index contributed by atoms with van der Waals surface area (Å²) in [5, 5.41) is 2.42. The molecule has 0 aromatic heterocycles. The number of hydrogen-bond acceptors (Lipinski definition) is 2. The number of carbonyl (C=O) groups is 2. The summed E-state index contributed by atoms with van der Waals surface area (Å²) >= 11 is 0. The van der Waals surface area contributed by atoms with E-state index in [2.05, 4.69) is 5.32 Å². The minimum atomic E-state index is -0.547. The summed E-state index contributed by atoms with van der Waals surface area (Å²) in [7, 11) is 0. The lowest BCUT2D eigenvalue weighted by molar-refractivity contribution is -0.133. The van der Waals surface area contributed by atoms with Crippen molar-refractivity contribution in [1.29, 1.82) is 0 Å². The maximum absolute atomic E-state index is 13.5. The fraction of sp³-hybridized carbons (Fsp3) is 0.176. The van der Waals surface area contributed by atoms with Crippen LogP contribution in [0, 0.1) is 11.6 Å². The van der Waals surface area contributed by atoms with Crippen molar-refractivity contribution in [3.63, 3.8) is 0 Å². The Labute approximate surface area is 132 Å². The minimum Gasteiger partial charge on any atom is -0.329 e. The van der Waals surface area contributed by atoms with Crippen LogP contribution in [0.5, 0.6) is 0 Å². The Morgan fingerprint density at radius 1 is 1.04 bits per heavy atom. The largest absolute Gasteiger partial charge is 0.329 e. The standard InChI is InChI=1S/C17H16F2N2O2/c1-12(22)21(10-13-6-8-14(18)9-7-13)11-17(23)20-16-5-3-2-4-15(16)19/h2-9H,10-11H2,1H3,(H,20,23). The fourth-order valence-corrected chi connectivity index (χ4v) is 2.01. The third kappa shape index (κ3) is 4.88. The van der Waals surface area contributed by atoms with Gasteiger partial charge in [0.1, 0.15) is 18.2 Å². The summed E-state index contributed by atoms with van der Waals surface area (Å²) < 4.78 is 26.4. The molecular weight excluding hydrogens is 302 g/mol. The van der Waals surface area contributed by atoms with Gasteiger partial charge in [-0.3, -0.25) is 9.59 Å². The van der Waals surface area contributed by atoms with Crippen molar-refractivity contribution in [2.45, 2.75) is 13.5 Å². The number of amides is 2. The number of anilines is 1. The monoisotopic (exact) mass is 318 g/mol. The van der Waals surface area contributed by atoms with Crippen molar-refractivity contribution < 1.29 is 18.4 Å². The number of rotatable bonds is 5. The number of nitrogens with one attached hydrogen (secondary N) is 1. The predicted octanol–water partition coefficient (Wildman–Crippen LogP) is 2.95. The number of hydrogen-bond donors (Lipinski definition) is 1. The van der Waals surface area contributed by atoms with Crippen molar-refractivity contribution in [2.75, 3.05) is 11.9 Å². The molecule has 0 spiro atoms. The molecule has 0 aliphatic heterocycles. The molecule has 2 rings (SSSR count). The highest BCUT2D eigenvalue weighted by Crippen LogP contribution is 2.13. The van der Waals surface area contributed by atoms with Crippen molar-refractivity contribution >= 4 is 17.5 Å². The number of halogens is 2. The summed E-state index contributed by atoms with van der Waals surface area (Å²) in [6.45, 7) is 1.28. The van der Waals surface area contributed by atoms with Crippen molar-refractivity contribution in [3.8, 4) is 0 Å². The molecule has 2 amide bonds. The van der Waals surface area contributed by atoms with E-state index in [9.17, 15) is 18.4 Å². The van der Waals surface area contributed by atoms with Gasteiger partial charge in [-0.2, -0.15) is 0 Å². The van der Waals surface area contributed by atoms with E-state index < -0.39 is 11.7 Å². The van der Waals surface area contributed by atoms with Crippen LogP contribution in [0.1, 0.15) is 12.5 Å². The molecule has 0 aliphatic rings. The molecule has 120 valence electrons. The molecule has 0 unspecified atom stereocenters. The normalized spacial score (nSPS) is 10.2. The van der Waals surface area contributed by atoms with Gasteiger partial charge in [-0.15, -0.1) is 0 Å². The smallest absolute Gasteiger partial charge is 0.244 e. The lowest BCUT2D eigenvalue weighted by Gasteiger charge is -2.20. The van der Waals surface area contributed by atoms with Crippen LogP contribution in [0.4, 0.5) is 14.5 Å². The zero-order valence-electron chi connectivity index (χ0n) is 12.6. The first-order valence-electron chi connectivity index (χ1n) is 7.00. The highest BCUT2D eigenvalue weighted by molar-refractivity contribution is 5.94. The molecule has 1 N–H and O–H groups in total. The van der Waals surface area contributed by atoms with E-state index in [0.717, 1.165) is 0 Å². The molecule has 23 heavy (non-hydrogen) atoms. The Balaban J connectivity index is 2.01. The third-order valence-corrected chi connectivity index (χ3v) is 3.21. The molecule has 2 aromatic carbocycles. The Kier molecular flexibility index (Phi) is 5.41. The maximum atomic E-state index is 13.5. The highest BCUT2D eigenvalue weighted by Gasteiger charge is 2.15. The van der Waals surface area contributed by atoms with E-state index in [0.29, 0.717) is 5.56 Å². The van der Waals surface area contributed by atoms with E-state index in [4.69, 9.17) is 0 Å². The van der Waals surface area contributed by atoms with E-state index in [1.54, 1.807) is 18.2 Å². The van der Waals surface area contributed by atoms with Crippen LogP contribution in [0.25, 0.3) is 0 Å². The predicted molar refractivity (Wildman–Crippen MR) is 82.5 cm³/mol. The van der Waals surface area contributed by atoms with Gasteiger partial charge in [0, 0.05) is 13.5 Å². The molecule has 0 radical (unpaired) electrons. The first kappa shape index (κ1) is 16.6. The molecular formula is C17H16F2N2O2. The van der Waals surface area contributed by atoms with Crippen molar-refractivity contribution in [1.82, 2.24) is 4.90 Å². The number of benzene rings is 2. The molecule has 0 aliphatic carbocycles. The second-order valence-electron chi connectivity index (χ2n) is 5.03. The second-order valence-corrected chi connectivity index (χ2v) is 5.03. The number of para-hydroxylation sites is 1. The van der Waals surface area contributed by atoms with Crippen LogP contribution < -0.4 is 5.32 Å². The zero-order valence-corrected chi connectivity index (χ0v) is 12.6. The maximum Gasteiger partial charge on any atom is 0.244 e. The molecule has 6 heteroatoms. The van der Waals surface area contributed by atoms with E-state index in [-0.39, 0.29) is 30.5 Å². The Hall–Kier alpha value is -2.76. The zero-order chi connectivity index (χ0) is 16.8. The van der Waals surface area contributed by atoms with Gasteiger partial charge in [-0.05, 0) is 29.8 Å². The first-order chi connectivity index (χ1) is 11.0. The molecule has 0 bridgehead atoms. The van der Waals surface area contributed by atoms with Gasteiger partial charge in [0.2, 0.25) is 11.8 Å². The van der Waals surface area contributed by atoms with Gasteiger partial charge in [-0.25, -0.2) is 8.78 Å². The lowest BCUT2D eigenvalue weighted by Crippen LogP contribution is -2.36. The van der Waals surface area contributed by atoms with E-state index in [1.807, 2.05) is 0 Å². The van der Waals surface area contributed by atoms with Crippen LogP contribution in [0.3, 0.4) is 0 Å². The van der Waals surface area contributed by atoms with Crippen molar-refractivity contribution in [2.24, 2.45) is 0 Å². The molecule has 2 aromatic rings. The summed E-state index contributed by atoms with van der Waals surface area (Å²) in [6, 6.07) is 11.4. The van der Waals surface area contributed by atoms with Gasteiger partial charge >= 0.3 is 0 Å². The van der Waals surface area contributed by atoms with Gasteiger partial charge < -0.3 is 10.2 Å². The molecule has 0 saturated carbocycles. The molecule has 4 nitrogen and oxygen atoms in total. The van der Waals surface area contributed by atoms with Gasteiger partial charge in [0.05, 0.1) is 5.69 Å². The fourth-order valence-electron chi connectivity index (χ4n) is 2.01. The quantitative estimate of drug-likeness (QED) is 0.921. The van der Waals surface area contributed by atoms with E-state index in [1.165, 1.54) is 42.2 Å². The molecule has 0 atom stereocenters. The summed E-state index contributed by atoms with van der Waals surface area (Å²) in [6.07, 6.45) is 0. The Morgan fingerprint density at radius 2 is 1.70 bits per heavy atom. The lowest BCUT2D eigenvalue weighted by atomic mass is 10.2. The number of carbonyl (C=O) groups excluding carboxylic acids is 2. The molecule has 0 heterocycles. The Bertz CT molecular complexity index is 702. The first-order valence-corrected chi connectivity index (χ1v) is 7.00. The van der Waals surface area contributed by atoms with Crippen LogP contribution in [0.2, 0.25) is 0 Å². The second kappa shape index (κ2) is 7.49. The SMILES string of the molecule is CC(=O)N(CC(=O)Nc1ccccc1F)Cc1ccc(F)cc1. The third-order valence-electron chi connectivity index (χ3n) is 3.21. The average molecular weight is 318 g/mol. The summed E-state index contributed by atoms with van der Waals surface area (Å²) in [4.78, 5) is 25.0.